The van der Waals surface area contributed by atoms with Gasteiger partial charge in [0, 0.05) is 12.6 Å². The predicted molar refractivity (Wildman–Crippen MR) is 103 cm³/mol. The molecule has 7 heteroatoms. The van der Waals surface area contributed by atoms with Gasteiger partial charge in [-0.15, -0.1) is 0 Å². The Labute approximate surface area is 168 Å². The Morgan fingerprint density at radius 1 is 1.03 bits per heavy atom. The lowest BCUT2D eigenvalue weighted by atomic mass is 9.89. The molecule has 0 aliphatic carbocycles. The Bertz CT molecular complexity index is 814. The molecule has 0 bridgehead atoms. The van der Waals surface area contributed by atoms with Crippen molar-refractivity contribution in [2.75, 3.05) is 14.2 Å². The second kappa shape index (κ2) is 8.86. The zero-order chi connectivity index (χ0) is 21.0. The van der Waals surface area contributed by atoms with Crippen molar-refractivity contribution in [3.8, 4) is 11.5 Å². The monoisotopic (exact) mass is 407 g/mol. The second-order valence-electron chi connectivity index (χ2n) is 7.09. The first kappa shape index (κ1) is 21.2. The van der Waals surface area contributed by atoms with E-state index in [0.29, 0.717) is 30.0 Å². The zero-order valence-corrected chi connectivity index (χ0v) is 16.4. The Balaban J connectivity index is 1.96. The number of benzene rings is 2. The van der Waals surface area contributed by atoms with E-state index in [-0.39, 0.29) is 12.1 Å². The van der Waals surface area contributed by atoms with Crippen LogP contribution in [-0.2, 0) is 17.5 Å². The van der Waals surface area contributed by atoms with Crippen molar-refractivity contribution in [3.05, 3.63) is 59.2 Å². The van der Waals surface area contributed by atoms with Gasteiger partial charge in [-0.25, -0.2) is 0 Å². The second-order valence-corrected chi connectivity index (χ2v) is 7.09. The minimum absolute atomic E-state index is 0.146. The van der Waals surface area contributed by atoms with E-state index in [1.165, 1.54) is 12.1 Å². The number of carbonyl (C=O) groups is 1. The van der Waals surface area contributed by atoms with Crippen molar-refractivity contribution in [2.24, 2.45) is 0 Å². The van der Waals surface area contributed by atoms with Gasteiger partial charge in [-0.2, -0.15) is 13.2 Å². The SMILES string of the molecule is COc1cccc(OC)c1C1CCCC(C=O)N1Cc1ccc(C(F)(F)F)cc1. The van der Waals surface area contributed by atoms with E-state index in [1.54, 1.807) is 14.2 Å². The van der Waals surface area contributed by atoms with Crippen molar-refractivity contribution in [1.29, 1.82) is 0 Å². The standard InChI is InChI=1S/C22H24F3NO3/c1-28-19-7-4-8-20(29-2)21(19)18-6-3-5-17(14-27)26(18)13-15-9-11-16(12-10-15)22(23,24)25/h4,7-12,14,17-18H,3,5-6,13H2,1-2H3. The number of aldehydes is 1. The van der Waals surface area contributed by atoms with Crippen molar-refractivity contribution in [2.45, 2.75) is 44.1 Å². The summed E-state index contributed by atoms with van der Waals surface area (Å²) in [4.78, 5) is 13.8. The molecule has 2 aromatic carbocycles. The zero-order valence-electron chi connectivity index (χ0n) is 16.4. The summed E-state index contributed by atoms with van der Waals surface area (Å²) in [5.41, 5.74) is 0.886. The highest BCUT2D eigenvalue weighted by Gasteiger charge is 2.35. The molecule has 2 aromatic rings. The number of likely N-dealkylation sites (tertiary alicyclic amines) is 1. The quantitative estimate of drug-likeness (QED) is 0.631. The van der Waals surface area contributed by atoms with Crippen molar-refractivity contribution in [3.63, 3.8) is 0 Å². The third kappa shape index (κ3) is 4.56. The van der Waals surface area contributed by atoms with E-state index in [2.05, 4.69) is 0 Å². The van der Waals surface area contributed by atoms with Crippen LogP contribution in [0.3, 0.4) is 0 Å². The van der Waals surface area contributed by atoms with E-state index in [1.807, 2.05) is 23.1 Å². The van der Waals surface area contributed by atoms with E-state index in [4.69, 9.17) is 9.47 Å². The molecular weight excluding hydrogens is 383 g/mol. The summed E-state index contributed by atoms with van der Waals surface area (Å²) in [7, 11) is 3.16. The highest BCUT2D eigenvalue weighted by molar-refractivity contribution is 5.59. The lowest BCUT2D eigenvalue weighted by Gasteiger charge is -2.41. The molecule has 1 saturated heterocycles. The van der Waals surface area contributed by atoms with Crippen LogP contribution in [-0.4, -0.2) is 31.4 Å². The smallest absolute Gasteiger partial charge is 0.416 e. The Morgan fingerprint density at radius 2 is 1.66 bits per heavy atom. The van der Waals surface area contributed by atoms with Gasteiger partial charge in [0.15, 0.2) is 0 Å². The van der Waals surface area contributed by atoms with Crippen LogP contribution in [0.5, 0.6) is 11.5 Å². The van der Waals surface area contributed by atoms with Crippen molar-refractivity contribution in [1.82, 2.24) is 4.90 Å². The summed E-state index contributed by atoms with van der Waals surface area (Å²) in [5.74, 6) is 1.33. The molecule has 1 aliphatic heterocycles. The van der Waals surface area contributed by atoms with E-state index in [9.17, 15) is 18.0 Å². The number of hydrogen-bond donors (Lipinski definition) is 0. The number of carbonyl (C=O) groups excluding carboxylic acids is 1. The minimum Gasteiger partial charge on any atom is -0.496 e. The van der Waals surface area contributed by atoms with Gasteiger partial charge in [0.25, 0.3) is 0 Å². The summed E-state index contributed by atoms with van der Waals surface area (Å²) >= 11 is 0. The maximum Gasteiger partial charge on any atom is 0.416 e. The fraction of sp³-hybridized carbons (Fsp3) is 0.409. The summed E-state index contributed by atoms with van der Waals surface area (Å²) in [6, 6.07) is 10.1. The first-order valence-corrected chi connectivity index (χ1v) is 9.47. The van der Waals surface area contributed by atoms with Gasteiger partial charge in [0.2, 0.25) is 0 Å². The molecule has 4 nitrogen and oxygen atoms in total. The fourth-order valence-electron chi connectivity index (χ4n) is 3.99. The van der Waals surface area contributed by atoms with Gasteiger partial charge in [-0.3, -0.25) is 4.90 Å². The molecule has 1 aliphatic rings. The van der Waals surface area contributed by atoms with Gasteiger partial charge < -0.3 is 14.3 Å². The van der Waals surface area contributed by atoms with Crippen LogP contribution in [0.2, 0.25) is 0 Å². The number of piperidine rings is 1. The highest BCUT2D eigenvalue weighted by Crippen LogP contribution is 2.43. The van der Waals surface area contributed by atoms with Gasteiger partial charge in [0.1, 0.15) is 17.8 Å². The molecular formula is C22H24F3NO3. The van der Waals surface area contributed by atoms with E-state index >= 15 is 0 Å². The molecule has 156 valence electrons. The van der Waals surface area contributed by atoms with Crippen LogP contribution in [0.25, 0.3) is 0 Å². The normalized spacial score (nSPS) is 20.3. The molecule has 1 fully saturated rings. The van der Waals surface area contributed by atoms with Crippen LogP contribution >= 0.6 is 0 Å². The maximum atomic E-state index is 12.9. The van der Waals surface area contributed by atoms with Gasteiger partial charge in [-0.05, 0) is 49.1 Å². The average Bonchev–Trinajstić information content (AvgIpc) is 2.73. The Kier molecular flexibility index (Phi) is 6.47. The average molecular weight is 407 g/mol. The van der Waals surface area contributed by atoms with Crippen LogP contribution in [0.4, 0.5) is 13.2 Å². The number of halogens is 3. The number of methoxy groups -OCH3 is 2. The summed E-state index contributed by atoms with van der Waals surface area (Å²) in [6.07, 6.45) is -1.10. The Hall–Kier alpha value is -2.54. The molecule has 0 N–H and O–H groups in total. The van der Waals surface area contributed by atoms with Crippen LogP contribution in [0, 0.1) is 0 Å². The van der Waals surface area contributed by atoms with Gasteiger partial charge in [0.05, 0.1) is 31.4 Å². The molecule has 2 atom stereocenters. The topological polar surface area (TPSA) is 38.8 Å². The van der Waals surface area contributed by atoms with Crippen molar-refractivity contribution >= 4 is 6.29 Å². The first-order valence-electron chi connectivity index (χ1n) is 9.47. The highest BCUT2D eigenvalue weighted by atomic mass is 19.4. The van der Waals surface area contributed by atoms with Crippen LogP contribution < -0.4 is 9.47 Å². The third-order valence-corrected chi connectivity index (χ3v) is 5.41. The lowest BCUT2D eigenvalue weighted by Crippen LogP contribution is -2.42. The number of alkyl halides is 3. The number of nitrogens with zero attached hydrogens (tertiary/aromatic N) is 1. The minimum atomic E-state index is -4.37. The lowest BCUT2D eigenvalue weighted by molar-refractivity contribution is -0.137. The number of hydrogen-bond acceptors (Lipinski definition) is 4. The molecule has 0 amide bonds. The molecule has 0 radical (unpaired) electrons. The fourth-order valence-corrected chi connectivity index (χ4v) is 3.99. The molecule has 2 unspecified atom stereocenters. The van der Waals surface area contributed by atoms with E-state index < -0.39 is 11.7 Å². The molecule has 0 aromatic heterocycles. The van der Waals surface area contributed by atoms with Gasteiger partial charge >= 0.3 is 6.18 Å². The first-order chi connectivity index (χ1) is 13.9. The number of rotatable bonds is 6. The molecule has 3 rings (SSSR count). The molecule has 29 heavy (non-hydrogen) atoms. The molecule has 0 spiro atoms. The van der Waals surface area contributed by atoms with Crippen LogP contribution in [0.15, 0.2) is 42.5 Å². The molecule has 1 heterocycles. The van der Waals surface area contributed by atoms with Gasteiger partial charge in [-0.1, -0.05) is 18.2 Å². The maximum absolute atomic E-state index is 12.9. The van der Waals surface area contributed by atoms with E-state index in [0.717, 1.165) is 36.8 Å². The van der Waals surface area contributed by atoms with Crippen LogP contribution in [0.1, 0.15) is 42.0 Å². The number of ether oxygens (including phenoxy) is 2. The Morgan fingerprint density at radius 3 is 2.17 bits per heavy atom. The summed E-state index contributed by atoms with van der Waals surface area (Å²) in [6.45, 7) is 0.355. The largest absolute Gasteiger partial charge is 0.496 e. The van der Waals surface area contributed by atoms with Crippen molar-refractivity contribution < 1.29 is 27.4 Å². The molecule has 0 saturated carbocycles. The summed E-state index contributed by atoms with van der Waals surface area (Å²) in [5, 5.41) is 0. The summed E-state index contributed by atoms with van der Waals surface area (Å²) < 4.78 is 49.7. The third-order valence-electron chi connectivity index (χ3n) is 5.41. The predicted octanol–water partition coefficient (Wildman–Crippen LogP) is 5.02.